The van der Waals surface area contributed by atoms with E-state index in [9.17, 15) is 4.79 Å². The van der Waals surface area contributed by atoms with Gasteiger partial charge in [0, 0.05) is 4.47 Å². The summed E-state index contributed by atoms with van der Waals surface area (Å²) >= 11 is 3.44. The van der Waals surface area contributed by atoms with E-state index in [0.717, 1.165) is 21.3 Å². The quantitative estimate of drug-likeness (QED) is 0.885. The summed E-state index contributed by atoms with van der Waals surface area (Å²) < 4.78 is 6.50. The molecule has 0 radical (unpaired) electrons. The molecule has 0 saturated heterocycles. The monoisotopic (exact) mass is 347 g/mol. The first-order valence-electron chi connectivity index (χ1n) is 6.76. The number of carbonyl (C=O) groups is 1. The second-order valence-electron chi connectivity index (χ2n) is 5.05. The molecule has 0 aliphatic rings. The van der Waals surface area contributed by atoms with Crippen molar-refractivity contribution in [3.05, 3.63) is 58.1 Å². The number of aryl methyl sites for hydroxylation is 2. The van der Waals surface area contributed by atoms with E-state index in [1.165, 1.54) is 0 Å². The Morgan fingerprint density at radius 3 is 2.33 bits per heavy atom. The molecule has 2 aromatic rings. The minimum absolute atomic E-state index is 0.180. The first kappa shape index (κ1) is 15.6. The maximum Gasteiger partial charge on any atom is 0.265 e. The summed E-state index contributed by atoms with van der Waals surface area (Å²) in [5, 5.41) is 2.86. The van der Waals surface area contributed by atoms with Crippen LogP contribution in [0.25, 0.3) is 0 Å². The summed E-state index contributed by atoms with van der Waals surface area (Å²) in [4.78, 5) is 12.2. The van der Waals surface area contributed by atoms with Gasteiger partial charge in [-0.3, -0.25) is 4.79 Å². The standard InChI is InChI=1S/C17H18BrNO2/c1-11-4-7-14(8-5-11)21-13(3)17(20)19-16-9-6-12(2)10-15(16)18/h4-10,13H,1-3H3,(H,19,20)/t13-/m0/s1. The molecule has 0 aliphatic carbocycles. The molecule has 1 amide bonds. The van der Waals surface area contributed by atoms with Crippen LogP contribution < -0.4 is 10.1 Å². The second-order valence-corrected chi connectivity index (χ2v) is 5.90. The lowest BCUT2D eigenvalue weighted by atomic mass is 10.2. The Hall–Kier alpha value is -1.81. The first-order valence-corrected chi connectivity index (χ1v) is 7.55. The minimum Gasteiger partial charge on any atom is -0.481 e. The van der Waals surface area contributed by atoms with E-state index in [0.29, 0.717) is 5.75 Å². The topological polar surface area (TPSA) is 38.3 Å². The van der Waals surface area contributed by atoms with Gasteiger partial charge in [-0.1, -0.05) is 23.8 Å². The van der Waals surface area contributed by atoms with Crippen molar-refractivity contribution in [2.75, 3.05) is 5.32 Å². The molecule has 0 aromatic heterocycles. The van der Waals surface area contributed by atoms with E-state index >= 15 is 0 Å². The van der Waals surface area contributed by atoms with Gasteiger partial charge in [-0.05, 0) is 66.5 Å². The zero-order valence-electron chi connectivity index (χ0n) is 12.3. The number of benzene rings is 2. The molecule has 1 N–H and O–H groups in total. The van der Waals surface area contributed by atoms with E-state index in [-0.39, 0.29) is 5.91 Å². The molecule has 0 saturated carbocycles. The number of amides is 1. The minimum atomic E-state index is -0.569. The Kier molecular flexibility index (Phi) is 5.02. The third kappa shape index (κ3) is 4.33. The van der Waals surface area contributed by atoms with Crippen molar-refractivity contribution in [2.45, 2.75) is 26.9 Å². The average molecular weight is 348 g/mol. The summed E-state index contributed by atoms with van der Waals surface area (Å²) in [6, 6.07) is 13.4. The highest BCUT2D eigenvalue weighted by molar-refractivity contribution is 9.10. The van der Waals surface area contributed by atoms with Crippen molar-refractivity contribution in [1.82, 2.24) is 0 Å². The van der Waals surface area contributed by atoms with Gasteiger partial charge in [0.1, 0.15) is 5.75 Å². The first-order chi connectivity index (χ1) is 9.95. The molecule has 0 fully saturated rings. The molecule has 4 heteroatoms. The van der Waals surface area contributed by atoms with Crippen LogP contribution in [0, 0.1) is 13.8 Å². The predicted octanol–water partition coefficient (Wildman–Crippen LogP) is 4.47. The molecular weight excluding hydrogens is 330 g/mol. The van der Waals surface area contributed by atoms with Crippen molar-refractivity contribution in [3.8, 4) is 5.75 Å². The van der Waals surface area contributed by atoms with Crippen molar-refractivity contribution in [1.29, 1.82) is 0 Å². The fraction of sp³-hybridized carbons (Fsp3) is 0.235. The van der Waals surface area contributed by atoms with Gasteiger partial charge in [0.2, 0.25) is 0 Å². The average Bonchev–Trinajstić information content (AvgIpc) is 2.44. The van der Waals surface area contributed by atoms with Gasteiger partial charge in [-0.15, -0.1) is 0 Å². The van der Waals surface area contributed by atoms with Crippen molar-refractivity contribution in [2.24, 2.45) is 0 Å². The normalized spacial score (nSPS) is 11.8. The molecule has 0 spiro atoms. The van der Waals surface area contributed by atoms with Gasteiger partial charge in [0.15, 0.2) is 6.10 Å². The van der Waals surface area contributed by atoms with Crippen LogP contribution in [0.1, 0.15) is 18.1 Å². The van der Waals surface area contributed by atoms with Gasteiger partial charge < -0.3 is 10.1 Å². The number of nitrogens with one attached hydrogen (secondary N) is 1. The molecule has 1 atom stereocenters. The second kappa shape index (κ2) is 6.76. The summed E-state index contributed by atoms with van der Waals surface area (Å²) in [5.41, 5.74) is 3.02. The smallest absolute Gasteiger partial charge is 0.265 e. The molecule has 2 aromatic carbocycles. The number of rotatable bonds is 4. The Morgan fingerprint density at radius 2 is 1.71 bits per heavy atom. The fourth-order valence-corrected chi connectivity index (χ4v) is 2.42. The third-order valence-corrected chi connectivity index (χ3v) is 3.74. The van der Waals surface area contributed by atoms with Gasteiger partial charge in [-0.2, -0.15) is 0 Å². The Morgan fingerprint density at radius 1 is 1.10 bits per heavy atom. The number of hydrogen-bond acceptors (Lipinski definition) is 2. The molecule has 21 heavy (non-hydrogen) atoms. The zero-order valence-corrected chi connectivity index (χ0v) is 13.9. The summed E-state index contributed by atoms with van der Waals surface area (Å²) in [5.74, 6) is 0.506. The SMILES string of the molecule is Cc1ccc(O[C@@H](C)C(=O)Nc2ccc(C)cc2Br)cc1. The molecule has 0 heterocycles. The largest absolute Gasteiger partial charge is 0.481 e. The molecule has 0 bridgehead atoms. The van der Waals surface area contributed by atoms with Crippen LogP contribution in [0.4, 0.5) is 5.69 Å². The van der Waals surface area contributed by atoms with E-state index in [1.54, 1.807) is 6.92 Å². The lowest BCUT2D eigenvalue weighted by Crippen LogP contribution is -2.30. The lowest BCUT2D eigenvalue weighted by molar-refractivity contribution is -0.122. The van der Waals surface area contributed by atoms with Crippen LogP contribution >= 0.6 is 15.9 Å². The number of carbonyl (C=O) groups excluding carboxylic acids is 1. The number of halogens is 1. The van der Waals surface area contributed by atoms with E-state index < -0.39 is 6.10 Å². The van der Waals surface area contributed by atoms with Gasteiger partial charge in [-0.25, -0.2) is 0 Å². The molecule has 110 valence electrons. The highest BCUT2D eigenvalue weighted by Crippen LogP contribution is 2.23. The van der Waals surface area contributed by atoms with Crippen LogP contribution in [-0.2, 0) is 4.79 Å². The molecule has 3 nitrogen and oxygen atoms in total. The van der Waals surface area contributed by atoms with Crippen LogP contribution in [0.3, 0.4) is 0 Å². The maximum absolute atomic E-state index is 12.2. The Bertz CT molecular complexity index is 638. The Balaban J connectivity index is 2.00. The van der Waals surface area contributed by atoms with Gasteiger partial charge >= 0.3 is 0 Å². The molecular formula is C17H18BrNO2. The lowest BCUT2D eigenvalue weighted by Gasteiger charge is -2.15. The number of ether oxygens (including phenoxy) is 1. The highest BCUT2D eigenvalue weighted by Gasteiger charge is 2.15. The molecule has 2 rings (SSSR count). The summed E-state index contributed by atoms with van der Waals surface area (Å²) in [7, 11) is 0. The fourth-order valence-electron chi connectivity index (χ4n) is 1.83. The highest BCUT2D eigenvalue weighted by atomic mass is 79.9. The summed E-state index contributed by atoms with van der Waals surface area (Å²) in [6.45, 7) is 5.74. The Labute approximate surface area is 133 Å². The number of anilines is 1. The zero-order chi connectivity index (χ0) is 15.4. The van der Waals surface area contributed by atoms with Gasteiger partial charge in [0.25, 0.3) is 5.91 Å². The molecule has 0 unspecified atom stereocenters. The van der Waals surface area contributed by atoms with E-state index in [4.69, 9.17) is 4.74 Å². The van der Waals surface area contributed by atoms with Gasteiger partial charge in [0.05, 0.1) is 5.69 Å². The third-order valence-electron chi connectivity index (χ3n) is 3.09. The van der Waals surface area contributed by atoms with E-state index in [1.807, 2.05) is 56.3 Å². The van der Waals surface area contributed by atoms with Crippen LogP contribution in [0.15, 0.2) is 46.9 Å². The van der Waals surface area contributed by atoms with Crippen LogP contribution in [0.5, 0.6) is 5.75 Å². The summed E-state index contributed by atoms with van der Waals surface area (Å²) in [6.07, 6.45) is -0.569. The van der Waals surface area contributed by atoms with Crippen LogP contribution in [0.2, 0.25) is 0 Å². The van der Waals surface area contributed by atoms with Crippen molar-refractivity contribution < 1.29 is 9.53 Å². The van der Waals surface area contributed by atoms with Crippen molar-refractivity contribution >= 4 is 27.5 Å². The van der Waals surface area contributed by atoms with Crippen molar-refractivity contribution in [3.63, 3.8) is 0 Å². The predicted molar refractivity (Wildman–Crippen MR) is 88.8 cm³/mol. The van der Waals surface area contributed by atoms with Crippen LogP contribution in [-0.4, -0.2) is 12.0 Å². The number of hydrogen-bond donors (Lipinski definition) is 1. The molecule has 0 aliphatic heterocycles. The van der Waals surface area contributed by atoms with E-state index in [2.05, 4.69) is 21.2 Å². The maximum atomic E-state index is 12.2.